The highest BCUT2D eigenvalue weighted by Crippen LogP contribution is 2.25. The summed E-state index contributed by atoms with van der Waals surface area (Å²) in [4.78, 5) is 13.9. The molecule has 1 saturated carbocycles. The highest BCUT2D eigenvalue weighted by molar-refractivity contribution is 5.73. The van der Waals surface area contributed by atoms with Crippen LogP contribution in [0.1, 0.15) is 51.2 Å². The quantitative estimate of drug-likeness (QED) is 0.829. The van der Waals surface area contributed by atoms with Gasteiger partial charge >= 0.3 is 6.03 Å². The van der Waals surface area contributed by atoms with Gasteiger partial charge in [0.05, 0.1) is 18.3 Å². The number of aliphatic hydroxyl groups excluding tert-OH is 1. The Kier molecular flexibility index (Phi) is 6.85. The predicted octanol–water partition coefficient (Wildman–Crippen LogP) is 3.30. The molecule has 1 aromatic rings. The topological polar surface area (TPSA) is 61.8 Å². The Balaban J connectivity index is 1.80. The molecule has 0 spiro atoms. The lowest BCUT2D eigenvalue weighted by Crippen LogP contribution is -2.40. The summed E-state index contributed by atoms with van der Waals surface area (Å²) in [5, 5.41) is 12.8. The van der Waals surface area contributed by atoms with Crippen LogP contribution in [0.4, 0.5) is 4.79 Å². The first-order valence-corrected chi connectivity index (χ1v) is 9.13. The minimum absolute atomic E-state index is 0.101. The van der Waals surface area contributed by atoms with Gasteiger partial charge in [-0.3, -0.25) is 0 Å². The number of hydrogen-bond donors (Lipinski definition) is 2. The summed E-state index contributed by atoms with van der Waals surface area (Å²) in [5.74, 6) is 0.202. The van der Waals surface area contributed by atoms with Crippen molar-refractivity contribution in [3.05, 3.63) is 35.4 Å². The number of aliphatic hydroxyl groups is 1. The van der Waals surface area contributed by atoms with Crippen LogP contribution in [-0.4, -0.2) is 41.3 Å². The molecule has 5 nitrogen and oxygen atoms in total. The molecule has 0 heterocycles. The lowest BCUT2D eigenvalue weighted by molar-refractivity contribution is -0.0149. The molecule has 0 aliphatic heterocycles. The zero-order chi connectivity index (χ0) is 18.4. The van der Waals surface area contributed by atoms with Crippen LogP contribution in [0.25, 0.3) is 0 Å². The van der Waals surface area contributed by atoms with E-state index in [1.807, 2.05) is 39.0 Å². The van der Waals surface area contributed by atoms with E-state index in [0.29, 0.717) is 19.7 Å². The molecule has 2 rings (SSSR count). The van der Waals surface area contributed by atoms with E-state index in [2.05, 4.69) is 11.4 Å². The molecule has 140 valence electrons. The third kappa shape index (κ3) is 6.67. The van der Waals surface area contributed by atoms with E-state index in [0.717, 1.165) is 30.4 Å². The van der Waals surface area contributed by atoms with Crippen LogP contribution in [-0.2, 0) is 17.9 Å². The summed E-state index contributed by atoms with van der Waals surface area (Å²) in [5.41, 5.74) is 1.99. The van der Waals surface area contributed by atoms with E-state index in [1.54, 1.807) is 11.9 Å². The number of carbonyl (C=O) groups is 1. The maximum atomic E-state index is 12.3. The first-order chi connectivity index (χ1) is 11.7. The highest BCUT2D eigenvalue weighted by Gasteiger charge is 2.27. The third-order valence-corrected chi connectivity index (χ3v) is 4.58. The Morgan fingerprint density at radius 1 is 1.32 bits per heavy atom. The van der Waals surface area contributed by atoms with Crippen molar-refractivity contribution in [3.8, 4) is 0 Å². The van der Waals surface area contributed by atoms with Crippen LogP contribution in [0.2, 0.25) is 0 Å². The van der Waals surface area contributed by atoms with Crippen LogP contribution in [0.3, 0.4) is 0 Å². The summed E-state index contributed by atoms with van der Waals surface area (Å²) >= 11 is 0. The van der Waals surface area contributed by atoms with Gasteiger partial charge in [-0.15, -0.1) is 0 Å². The van der Waals surface area contributed by atoms with Crippen molar-refractivity contribution in [1.82, 2.24) is 10.2 Å². The zero-order valence-corrected chi connectivity index (χ0v) is 15.9. The second-order valence-electron chi connectivity index (χ2n) is 8.02. The van der Waals surface area contributed by atoms with Gasteiger partial charge in [0, 0.05) is 26.1 Å². The van der Waals surface area contributed by atoms with E-state index < -0.39 is 0 Å². The molecular weight excluding hydrogens is 316 g/mol. The standard InChI is InChI=1S/C20H32N2O3/c1-20(2,3)25-14-16-8-5-7-15(11-16)12-21-19(24)22(4)13-17-9-6-10-18(17)23/h5,7-8,11,17-18,23H,6,9-10,12-14H2,1-4H3,(H,21,24). The molecule has 0 aromatic heterocycles. The van der Waals surface area contributed by atoms with Gasteiger partial charge in [-0.1, -0.05) is 30.7 Å². The lowest BCUT2D eigenvalue weighted by Gasteiger charge is -2.23. The monoisotopic (exact) mass is 348 g/mol. The summed E-state index contributed by atoms with van der Waals surface area (Å²) in [6.45, 7) is 7.76. The molecule has 2 atom stereocenters. The maximum absolute atomic E-state index is 12.3. The SMILES string of the molecule is CN(CC1CCCC1O)C(=O)NCc1cccc(COC(C)(C)C)c1. The van der Waals surface area contributed by atoms with Gasteiger partial charge in [-0.05, 0) is 44.7 Å². The molecule has 1 aromatic carbocycles. The average molecular weight is 348 g/mol. The molecule has 2 unspecified atom stereocenters. The molecule has 1 fully saturated rings. The van der Waals surface area contributed by atoms with E-state index in [1.165, 1.54) is 0 Å². The number of nitrogens with zero attached hydrogens (tertiary/aromatic N) is 1. The van der Waals surface area contributed by atoms with Gasteiger partial charge in [-0.2, -0.15) is 0 Å². The smallest absolute Gasteiger partial charge is 0.317 e. The summed E-state index contributed by atoms with van der Waals surface area (Å²) in [6.07, 6.45) is 2.62. The van der Waals surface area contributed by atoms with Crippen molar-refractivity contribution in [2.45, 2.75) is 64.9 Å². The zero-order valence-electron chi connectivity index (χ0n) is 15.9. The molecule has 0 bridgehead atoms. The molecule has 2 N–H and O–H groups in total. The normalized spacial score (nSPS) is 20.5. The molecule has 2 amide bonds. The Morgan fingerprint density at radius 2 is 2.04 bits per heavy atom. The number of hydrogen-bond acceptors (Lipinski definition) is 3. The fourth-order valence-electron chi connectivity index (χ4n) is 3.11. The van der Waals surface area contributed by atoms with Gasteiger partial charge in [0.25, 0.3) is 0 Å². The first kappa shape index (κ1) is 19.7. The molecule has 0 radical (unpaired) electrons. The van der Waals surface area contributed by atoms with Crippen molar-refractivity contribution in [1.29, 1.82) is 0 Å². The van der Waals surface area contributed by atoms with Gasteiger partial charge in [0.2, 0.25) is 0 Å². The molecule has 1 aliphatic rings. The molecule has 25 heavy (non-hydrogen) atoms. The number of amides is 2. The number of benzene rings is 1. The Bertz CT molecular complexity index is 568. The van der Waals surface area contributed by atoms with Crippen molar-refractivity contribution in [3.63, 3.8) is 0 Å². The minimum atomic E-state index is -0.269. The lowest BCUT2D eigenvalue weighted by atomic mass is 10.1. The number of urea groups is 1. The van der Waals surface area contributed by atoms with Gasteiger partial charge in [0.15, 0.2) is 0 Å². The average Bonchev–Trinajstić information content (AvgIpc) is 2.95. The van der Waals surface area contributed by atoms with E-state index in [9.17, 15) is 9.90 Å². The van der Waals surface area contributed by atoms with Gasteiger partial charge < -0.3 is 20.1 Å². The third-order valence-electron chi connectivity index (χ3n) is 4.58. The Hall–Kier alpha value is -1.59. The van der Waals surface area contributed by atoms with Crippen LogP contribution < -0.4 is 5.32 Å². The fraction of sp³-hybridized carbons (Fsp3) is 0.650. The molecule has 0 saturated heterocycles. The Morgan fingerprint density at radius 3 is 2.68 bits per heavy atom. The summed E-state index contributed by atoms with van der Waals surface area (Å²) < 4.78 is 5.80. The van der Waals surface area contributed by atoms with Crippen molar-refractivity contribution in [2.75, 3.05) is 13.6 Å². The molecule has 5 heteroatoms. The first-order valence-electron chi connectivity index (χ1n) is 9.13. The predicted molar refractivity (Wildman–Crippen MR) is 99.2 cm³/mol. The second kappa shape index (κ2) is 8.68. The second-order valence-corrected chi connectivity index (χ2v) is 8.02. The van der Waals surface area contributed by atoms with Crippen LogP contribution in [0.5, 0.6) is 0 Å². The fourth-order valence-corrected chi connectivity index (χ4v) is 3.11. The summed E-state index contributed by atoms with van der Waals surface area (Å²) in [7, 11) is 1.79. The summed E-state index contributed by atoms with van der Waals surface area (Å²) in [6, 6.07) is 7.98. The molecular formula is C20H32N2O3. The van der Waals surface area contributed by atoms with Crippen LogP contribution in [0.15, 0.2) is 24.3 Å². The number of ether oxygens (including phenoxy) is 1. The largest absolute Gasteiger partial charge is 0.393 e. The maximum Gasteiger partial charge on any atom is 0.317 e. The number of nitrogens with one attached hydrogen (secondary N) is 1. The van der Waals surface area contributed by atoms with E-state index in [4.69, 9.17) is 4.74 Å². The van der Waals surface area contributed by atoms with Crippen LogP contribution >= 0.6 is 0 Å². The van der Waals surface area contributed by atoms with Crippen molar-refractivity contribution >= 4 is 6.03 Å². The Labute approximate surface area is 151 Å². The van der Waals surface area contributed by atoms with Gasteiger partial charge in [-0.25, -0.2) is 4.79 Å². The van der Waals surface area contributed by atoms with E-state index >= 15 is 0 Å². The van der Waals surface area contributed by atoms with Crippen LogP contribution in [0, 0.1) is 5.92 Å². The number of rotatable bonds is 6. The number of carbonyl (C=O) groups excluding carboxylic acids is 1. The van der Waals surface area contributed by atoms with Gasteiger partial charge in [0.1, 0.15) is 0 Å². The van der Waals surface area contributed by atoms with E-state index in [-0.39, 0.29) is 23.7 Å². The highest BCUT2D eigenvalue weighted by atomic mass is 16.5. The minimum Gasteiger partial charge on any atom is -0.393 e. The molecule has 1 aliphatic carbocycles. The van der Waals surface area contributed by atoms with Crippen molar-refractivity contribution < 1.29 is 14.6 Å². The van der Waals surface area contributed by atoms with Crippen molar-refractivity contribution in [2.24, 2.45) is 5.92 Å².